The van der Waals surface area contributed by atoms with Gasteiger partial charge < -0.3 is 9.73 Å². The first-order chi connectivity index (χ1) is 13.1. The third-order valence-electron chi connectivity index (χ3n) is 4.50. The number of aryl methyl sites for hydroxylation is 1. The van der Waals surface area contributed by atoms with Gasteiger partial charge in [0.2, 0.25) is 5.78 Å². The SMILES string of the molecule is Cc1ccc(C(=O)c2oc3ccccc3c2NCc2ccc(F)cc2)cc1. The fourth-order valence-corrected chi connectivity index (χ4v) is 3.01. The summed E-state index contributed by atoms with van der Waals surface area (Å²) in [4.78, 5) is 13.0. The van der Waals surface area contributed by atoms with Crippen LogP contribution in [0.1, 0.15) is 27.2 Å². The highest BCUT2D eigenvalue weighted by Gasteiger charge is 2.21. The Kier molecular flexibility index (Phi) is 4.47. The molecule has 0 unspecified atom stereocenters. The first-order valence-corrected chi connectivity index (χ1v) is 8.73. The third-order valence-corrected chi connectivity index (χ3v) is 4.50. The average molecular weight is 359 g/mol. The number of ketones is 1. The van der Waals surface area contributed by atoms with E-state index in [0.717, 1.165) is 16.5 Å². The fourth-order valence-electron chi connectivity index (χ4n) is 3.01. The number of carbonyl (C=O) groups excluding carboxylic acids is 1. The van der Waals surface area contributed by atoms with E-state index >= 15 is 0 Å². The molecule has 0 atom stereocenters. The topological polar surface area (TPSA) is 42.2 Å². The molecule has 4 rings (SSSR count). The Hall–Kier alpha value is -3.40. The Bertz CT molecular complexity index is 1100. The second kappa shape index (κ2) is 7.08. The molecule has 0 fully saturated rings. The number of rotatable bonds is 5. The van der Waals surface area contributed by atoms with Gasteiger partial charge in [-0.05, 0) is 36.8 Å². The molecule has 134 valence electrons. The van der Waals surface area contributed by atoms with Gasteiger partial charge in [0.15, 0.2) is 5.76 Å². The zero-order valence-corrected chi connectivity index (χ0v) is 14.8. The Morgan fingerprint density at radius 3 is 2.41 bits per heavy atom. The summed E-state index contributed by atoms with van der Waals surface area (Å²) < 4.78 is 19.0. The normalized spacial score (nSPS) is 10.9. The lowest BCUT2D eigenvalue weighted by Gasteiger charge is -2.07. The number of anilines is 1. The second-order valence-electron chi connectivity index (χ2n) is 6.48. The Morgan fingerprint density at radius 1 is 0.963 bits per heavy atom. The summed E-state index contributed by atoms with van der Waals surface area (Å²) >= 11 is 0. The van der Waals surface area contributed by atoms with E-state index in [2.05, 4.69) is 5.32 Å². The van der Waals surface area contributed by atoms with Crippen molar-refractivity contribution in [3.05, 3.63) is 101 Å². The van der Waals surface area contributed by atoms with E-state index in [-0.39, 0.29) is 17.4 Å². The standard InChI is InChI=1S/C23H18FNO2/c1-15-6-10-17(11-7-15)22(26)23-21(19-4-2-3-5-20(19)27-23)25-14-16-8-12-18(24)13-9-16/h2-13,25H,14H2,1H3. The van der Waals surface area contributed by atoms with Crippen LogP contribution in [-0.2, 0) is 6.54 Å². The lowest BCUT2D eigenvalue weighted by Crippen LogP contribution is -2.06. The van der Waals surface area contributed by atoms with E-state index in [1.807, 2.05) is 43.3 Å². The fraction of sp³-hybridized carbons (Fsp3) is 0.0870. The molecule has 1 N–H and O–H groups in total. The van der Waals surface area contributed by atoms with Crippen LogP contribution in [0.2, 0.25) is 0 Å². The van der Waals surface area contributed by atoms with Gasteiger partial charge in [-0.3, -0.25) is 4.79 Å². The molecule has 0 aliphatic heterocycles. The van der Waals surface area contributed by atoms with Crippen LogP contribution in [0, 0.1) is 12.7 Å². The molecule has 0 radical (unpaired) electrons. The summed E-state index contributed by atoms with van der Waals surface area (Å²) in [7, 11) is 0. The molecule has 0 bridgehead atoms. The smallest absolute Gasteiger partial charge is 0.230 e. The van der Waals surface area contributed by atoms with Crippen LogP contribution in [0.15, 0.2) is 77.2 Å². The highest BCUT2D eigenvalue weighted by Crippen LogP contribution is 2.33. The molecule has 3 nitrogen and oxygen atoms in total. The Morgan fingerprint density at radius 2 is 1.67 bits per heavy atom. The van der Waals surface area contributed by atoms with Crippen LogP contribution in [-0.4, -0.2) is 5.78 Å². The van der Waals surface area contributed by atoms with Crippen molar-refractivity contribution in [1.82, 2.24) is 0 Å². The molecular formula is C23H18FNO2. The molecule has 1 heterocycles. The molecule has 0 saturated carbocycles. The maximum absolute atomic E-state index is 13.1. The molecule has 1 aromatic heterocycles. The summed E-state index contributed by atoms with van der Waals surface area (Å²) in [5.74, 6) is -0.169. The largest absolute Gasteiger partial charge is 0.450 e. The van der Waals surface area contributed by atoms with E-state index in [0.29, 0.717) is 23.4 Å². The summed E-state index contributed by atoms with van der Waals surface area (Å²) in [5, 5.41) is 4.14. The van der Waals surface area contributed by atoms with Crippen molar-refractivity contribution < 1.29 is 13.6 Å². The van der Waals surface area contributed by atoms with Crippen LogP contribution in [0.5, 0.6) is 0 Å². The van der Waals surface area contributed by atoms with Gasteiger partial charge in [0, 0.05) is 17.5 Å². The van der Waals surface area contributed by atoms with Crippen LogP contribution >= 0.6 is 0 Å². The minimum absolute atomic E-state index is 0.173. The van der Waals surface area contributed by atoms with Crippen molar-refractivity contribution in [2.75, 3.05) is 5.32 Å². The second-order valence-corrected chi connectivity index (χ2v) is 6.48. The first kappa shape index (κ1) is 17.0. The summed E-state index contributed by atoms with van der Waals surface area (Å²) in [5.41, 5.74) is 3.88. The van der Waals surface area contributed by atoms with Crippen LogP contribution in [0.3, 0.4) is 0 Å². The maximum Gasteiger partial charge on any atom is 0.230 e. The lowest BCUT2D eigenvalue weighted by molar-refractivity contribution is 0.101. The zero-order valence-electron chi connectivity index (χ0n) is 14.8. The van der Waals surface area contributed by atoms with Gasteiger partial charge >= 0.3 is 0 Å². The molecule has 0 saturated heterocycles. The molecule has 0 aliphatic carbocycles. The highest BCUT2D eigenvalue weighted by atomic mass is 19.1. The van der Waals surface area contributed by atoms with E-state index < -0.39 is 0 Å². The van der Waals surface area contributed by atoms with E-state index in [1.54, 1.807) is 24.3 Å². The van der Waals surface area contributed by atoms with Gasteiger partial charge in [-0.15, -0.1) is 0 Å². The van der Waals surface area contributed by atoms with Gasteiger partial charge in [0.05, 0.1) is 5.69 Å². The molecule has 0 aliphatic rings. The number of halogens is 1. The summed E-state index contributed by atoms with van der Waals surface area (Å²) in [6.45, 7) is 2.43. The van der Waals surface area contributed by atoms with Crippen molar-refractivity contribution >= 4 is 22.4 Å². The van der Waals surface area contributed by atoms with Crippen LogP contribution < -0.4 is 5.32 Å². The van der Waals surface area contributed by atoms with Gasteiger partial charge in [-0.1, -0.05) is 54.1 Å². The van der Waals surface area contributed by atoms with Gasteiger partial charge in [-0.25, -0.2) is 4.39 Å². The van der Waals surface area contributed by atoms with Crippen molar-refractivity contribution in [3.8, 4) is 0 Å². The number of nitrogens with one attached hydrogen (secondary N) is 1. The van der Waals surface area contributed by atoms with Crippen molar-refractivity contribution in [2.45, 2.75) is 13.5 Å². The highest BCUT2D eigenvalue weighted by molar-refractivity contribution is 6.14. The molecule has 4 aromatic rings. The number of benzene rings is 3. The predicted octanol–water partition coefficient (Wildman–Crippen LogP) is 5.72. The molecule has 3 aromatic carbocycles. The number of furan rings is 1. The number of fused-ring (bicyclic) bond motifs is 1. The van der Waals surface area contributed by atoms with E-state index in [4.69, 9.17) is 4.42 Å². The minimum atomic E-state index is -0.275. The van der Waals surface area contributed by atoms with Crippen molar-refractivity contribution in [1.29, 1.82) is 0 Å². The average Bonchev–Trinajstić information content (AvgIpc) is 3.06. The monoisotopic (exact) mass is 359 g/mol. The molecule has 0 amide bonds. The maximum atomic E-state index is 13.1. The Labute approximate surface area is 156 Å². The molecule has 4 heteroatoms. The molecule has 27 heavy (non-hydrogen) atoms. The number of para-hydroxylation sites is 1. The third kappa shape index (κ3) is 3.47. The number of carbonyl (C=O) groups is 1. The lowest BCUT2D eigenvalue weighted by atomic mass is 10.1. The van der Waals surface area contributed by atoms with E-state index in [1.165, 1.54) is 12.1 Å². The zero-order chi connectivity index (χ0) is 18.8. The molecule has 0 spiro atoms. The van der Waals surface area contributed by atoms with Crippen LogP contribution in [0.4, 0.5) is 10.1 Å². The van der Waals surface area contributed by atoms with Gasteiger partial charge in [0.25, 0.3) is 0 Å². The predicted molar refractivity (Wildman–Crippen MR) is 105 cm³/mol. The summed E-state index contributed by atoms with van der Waals surface area (Å²) in [6, 6.07) is 21.2. The Balaban J connectivity index is 1.71. The quantitative estimate of drug-likeness (QED) is 0.463. The number of hydrogen-bond donors (Lipinski definition) is 1. The minimum Gasteiger partial charge on any atom is -0.450 e. The van der Waals surface area contributed by atoms with Gasteiger partial charge in [-0.2, -0.15) is 0 Å². The van der Waals surface area contributed by atoms with Gasteiger partial charge in [0.1, 0.15) is 11.4 Å². The molecular weight excluding hydrogens is 341 g/mol. The first-order valence-electron chi connectivity index (χ1n) is 8.73. The van der Waals surface area contributed by atoms with Crippen molar-refractivity contribution in [3.63, 3.8) is 0 Å². The van der Waals surface area contributed by atoms with Crippen LogP contribution in [0.25, 0.3) is 11.0 Å². The number of hydrogen-bond acceptors (Lipinski definition) is 3. The summed E-state index contributed by atoms with van der Waals surface area (Å²) in [6.07, 6.45) is 0. The van der Waals surface area contributed by atoms with E-state index in [9.17, 15) is 9.18 Å². The van der Waals surface area contributed by atoms with Crippen molar-refractivity contribution in [2.24, 2.45) is 0 Å².